The Balaban J connectivity index is 4.22. The fourth-order valence-electron chi connectivity index (χ4n) is 1.42. The molecule has 0 bridgehead atoms. The third-order valence-corrected chi connectivity index (χ3v) is 3.98. The first kappa shape index (κ1) is 17.1. The number of nitrogens with one attached hydrogen (secondary N) is 1. The van der Waals surface area contributed by atoms with Crippen molar-refractivity contribution in [3.8, 4) is 0 Å². The highest BCUT2D eigenvalue weighted by Gasteiger charge is 2.32. The van der Waals surface area contributed by atoms with Crippen molar-refractivity contribution < 1.29 is 13.2 Å². The molecular formula is C12H24F3NS. The summed E-state index contributed by atoms with van der Waals surface area (Å²) >= 11 is 0.0843. The van der Waals surface area contributed by atoms with Crippen LogP contribution in [-0.4, -0.2) is 23.8 Å². The summed E-state index contributed by atoms with van der Waals surface area (Å²) in [4.78, 5) is 0. The molecule has 0 saturated carbocycles. The Kier molecular flexibility index (Phi) is 6.92. The molecular weight excluding hydrogens is 247 g/mol. The summed E-state index contributed by atoms with van der Waals surface area (Å²) in [5, 5.41) is 3.32. The Morgan fingerprint density at radius 3 is 2.00 bits per heavy atom. The van der Waals surface area contributed by atoms with Crippen LogP contribution in [0.15, 0.2) is 0 Å². The molecule has 0 heterocycles. The normalized spacial score (nSPS) is 16.6. The van der Waals surface area contributed by atoms with E-state index in [9.17, 15) is 13.2 Å². The summed E-state index contributed by atoms with van der Waals surface area (Å²) in [6, 6.07) is 0.364. The highest BCUT2D eigenvalue weighted by molar-refractivity contribution is 8.00. The van der Waals surface area contributed by atoms with E-state index in [0.717, 1.165) is 6.54 Å². The number of thioether (sulfide) groups is 1. The lowest BCUT2D eigenvalue weighted by molar-refractivity contribution is -0.0329. The lowest BCUT2D eigenvalue weighted by Crippen LogP contribution is -2.39. The quantitative estimate of drug-likeness (QED) is 0.741. The average molecular weight is 271 g/mol. The van der Waals surface area contributed by atoms with E-state index in [4.69, 9.17) is 0 Å². The molecule has 17 heavy (non-hydrogen) atoms. The van der Waals surface area contributed by atoms with Crippen LogP contribution in [0.5, 0.6) is 0 Å². The lowest BCUT2D eigenvalue weighted by Gasteiger charge is -2.35. The number of hydrogen-bond donors (Lipinski definition) is 1. The molecule has 0 aliphatic heterocycles. The molecule has 0 amide bonds. The van der Waals surface area contributed by atoms with Gasteiger partial charge in [0, 0.05) is 18.3 Å². The molecule has 1 unspecified atom stereocenters. The zero-order valence-corrected chi connectivity index (χ0v) is 12.1. The molecule has 0 aromatic rings. The molecule has 104 valence electrons. The van der Waals surface area contributed by atoms with E-state index < -0.39 is 5.51 Å². The predicted octanol–water partition coefficient (Wildman–Crippen LogP) is 4.29. The van der Waals surface area contributed by atoms with Gasteiger partial charge in [-0.25, -0.2) is 0 Å². The van der Waals surface area contributed by atoms with Crippen LogP contribution in [0, 0.1) is 11.3 Å². The third-order valence-electron chi connectivity index (χ3n) is 3.25. The average Bonchev–Trinajstić information content (AvgIpc) is 2.12. The van der Waals surface area contributed by atoms with Gasteiger partial charge in [-0.2, -0.15) is 13.2 Å². The van der Waals surface area contributed by atoms with E-state index in [1.54, 1.807) is 0 Å². The third kappa shape index (κ3) is 7.92. The van der Waals surface area contributed by atoms with Crippen LogP contribution in [0.4, 0.5) is 13.2 Å². The second-order valence-corrected chi connectivity index (χ2v) is 6.55. The molecule has 1 atom stereocenters. The van der Waals surface area contributed by atoms with Crippen LogP contribution in [0.25, 0.3) is 0 Å². The molecule has 0 aliphatic rings. The smallest absolute Gasteiger partial charge is 0.314 e. The number of halogens is 3. The molecule has 0 saturated heterocycles. The van der Waals surface area contributed by atoms with Gasteiger partial charge in [0.1, 0.15) is 0 Å². The summed E-state index contributed by atoms with van der Waals surface area (Å²) in [7, 11) is 0. The molecule has 0 spiro atoms. The van der Waals surface area contributed by atoms with Gasteiger partial charge in [0.05, 0.1) is 0 Å². The maximum atomic E-state index is 12.1. The highest BCUT2D eigenvalue weighted by Crippen LogP contribution is 2.36. The second kappa shape index (κ2) is 6.88. The molecule has 1 N–H and O–H groups in total. The van der Waals surface area contributed by atoms with Crippen molar-refractivity contribution in [2.75, 3.05) is 12.3 Å². The summed E-state index contributed by atoms with van der Waals surface area (Å²) in [5.41, 5.74) is -4.19. The standard InChI is InChI=1S/C12H24F3NS/c1-9(2)11(5,8-16-10(3)4)6-7-17-12(13,14)15/h9-10,16H,6-8H2,1-5H3. The van der Waals surface area contributed by atoms with Gasteiger partial charge >= 0.3 is 5.51 Å². The summed E-state index contributed by atoms with van der Waals surface area (Å²) in [5.74, 6) is 0.500. The van der Waals surface area contributed by atoms with Crippen LogP contribution in [0.2, 0.25) is 0 Å². The van der Waals surface area contributed by atoms with Crippen LogP contribution < -0.4 is 5.32 Å². The van der Waals surface area contributed by atoms with E-state index >= 15 is 0 Å². The van der Waals surface area contributed by atoms with Crippen molar-refractivity contribution in [1.29, 1.82) is 0 Å². The second-order valence-electron chi connectivity index (χ2n) is 5.39. The van der Waals surface area contributed by atoms with Crippen molar-refractivity contribution in [2.24, 2.45) is 11.3 Å². The maximum Gasteiger partial charge on any atom is 0.441 e. The number of hydrogen-bond acceptors (Lipinski definition) is 2. The first-order chi connectivity index (χ1) is 7.57. The zero-order valence-electron chi connectivity index (χ0n) is 11.3. The lowest BCUT2D eigenvalue weighted by atomic mass is 9.76. The topological polar surface area (TPSA) is 12.0 Å². The minimum absolute atomic E-state index is 0.0808. The fourth-order valence-corrected chi connectivity index (χ4v) is 2.22. The maximum absolute atomic E-state index is 12.1. The molecule has 0 fully saturated rings. The van der Waals surface area contributed by atoms with Gasteiger partial charge in [-0.05, 0) is 17.8 Å². The van der Waals surface area contributed by atoms with E-state index in [0.29, 0.717) is 18.4 Å². The fraction of sp³-hybridized carbons (Fsp3) is 1.00. The Bertz CT molecular complexity index is 216. The van der Waals surface area contributed by atoms with Crippen molar-refractivity contribution in [3.05, 3.63) is 0 Å². The van der Waals surface area contributed by atoms with Crippen LogP contribution in [-0.2, 0) is 0 Å². The first-order valence-corrected chi connectivity index (χ1v) is 6.99. The molecule has 0 rings (SSSR count). The highest BCUT2D eigenvalue weighted by atomic mass is 32.2. The minimum atomic E-state index is -4.11. The molecule has 0 aliphatic carbocycles. The Hall–Kier alpha value is 0.100. The van der Waals surface area contributed by atoms with Crippen LogP contribution in [0.3, 0.4) is 0 Å². The van der Waals surface area contributed by atoms with Gasteiger partial charge in [-0.15, -0.1) is 0 Å². The largest absolute Gasteiger partial charge is 0.441 e. The summed E-state index contributed by atoms with van der Waals surface area (Å²) in [6.45, 7) is 11.1. The van der Waals surface area contributed by atoms with Gasteiger partial charge in [-0.1, -0.05) is 46.4 Å². The van der Waals surface area contributed by atoms with Gasteiger partial charge in [0.25, 0.3) is 0 Å². The minimum Gasteiger partial charge on any atom is -0.314 e. The molecule has 0 aromatic carbocycles. The number of rotatable bonds is 7. The van der Waals surface area contributed by atoms with Gasteiger partial charge in [0.2, 0.25) is 0 Å². The summed E-state index contributed by atoms with van der Waals surface area (Å²) in [6.07, 6.45) is 0.578. The molecule has 5 heteroatoms. The first-order valence-electron chi connectivity index (χ1n) is 6.01. The summed E-state index contributed by atoms with van der Waals surface area (Å²) < 4.78 is 36.3. The predicted molar refractivity (Wildman–Crippen MR) is 69.2 cm³/mol. The van der Waals surface area contributed by atoms with Crippen LogP contribution >= 0.6 is 11.8 Å². The SMILES string of the molecule is CC(C)NCC(C)(CCSC(F)(F)F)C(C)C. The van der Waals surface area contributed by atoms with Gasteiger partial charge in [0.15, 0.2) is 0 Å². The Morgan fingerprint density at radius 1 is 1.12 bits per heavy atom. The number of alkyl halides is 3. The van der Waals surface area contributed by atoms with Crippen molar-refractivity contribution >= 4 is 11.8 Å². The molecule has 0 radical (unpaired) electrons. The monoisotopic (exact) mass is 271 g/mol. The van der Waals surface area contributed by atoms with E-state index in [1.165, 1.54) is 0 Å². The Labute approximate surface area is 107 Å². The zero-order chi connectivity index (χ0) is 13.7. The van der Waals surface area contributed by atoms with Gasteiger partial charge < -0.3 is 5.32 Å². The van der Waals surface area contributed by atoms with Crippen molar-refractivity contribution in [1.82, 2.24) is 5.32 Å². The molecule has 1 nitrogen and oxygen atoms in total. The van der Waals surface area contributed by atoms with E-state index in [2.05, 4.69) is 26.1 Å². The van der Waals surface area contributed by atoms with Gasteiger partial charge in [-0.3, -0.25) is 0 Å². The van der Waals surface area contributed by atoms with Crippen molar-refractivity contribution in [2.45, 2.75) is 52.6 Å². The van der Waals surface area contributed by atoms with E-state index in [-0.39, 0.29) is 22.9 Å². The Morgan fingerprint density at radius 2 is 1.65 bits per heavy atom. The molecule has 0 aromatic heterocycles. The van der Waals surface area contributed by atoms with Crippen LogP contribution in [0.1, 0.15) is 41.0 Å². The van der Waals surface area contributed by atoms with Crippen molar-refractivity contribution in [3.63, 3.8) is 0 Å². The van der Waals surface area contributed by atoms with E-state index in [1.807, 2.05) is 13.8 Å².